The van der Waals surface area contributed by atoms with Gasteiger partial charge in [-0.3, -0.25) is 0 Å². The maximum absolute atomic E-state index is 5.47. The largest absolute Gasteiger partial charge is 0.378 e. The van der Waals surface area contributed by atoms with Crippen molar-refractivity contribution < 1.29 is 4.74 Å². The zero-order valence-corrected chi connectivity index (χ0v) is 16.1. The molecular formula is C20H25N7O. The molecule has 28 heavy (non-hydrogen) atoms. The van der Waals surface area contributed by atoms with Gasteiger partial charge in [0.05, 0.1) is 18.9 Å². The van der Waals surface area contributed by atoms with Gasteiger partial charge in [0.15, 0.2) is 11.5 Å². The number of imidazole rings is 1. The minimum atomic E-state index is 0.729. The standard InChI is InChI=1S/C20H25N7O/c1-15-16(2-3-18(23-15)25-7-4-21-5-8-25)17-14-27-9-6-22-19(20(27)24-17)26-10-12-28-13-11-26/h2-3,6,9,14,21H,4-5,7-8,10-13H2,1H3. The Balaban J connectivity index is 1.49. The molecule has 0 aromatic carbocycles. The van der Waals surface area contributed by atoms with Crippen molar-refractivity contribution in [3.8, 4) is 11.3 Å². The Labute approximate surface area is 164 Å². The molecule has 3 aromatic rings. The van der Waals surface area contributed by atoms with Crippen molar-refractivity contribution in [2.24, 2.45) is 0 Å². The zero-order valence-electron chi connectivity index (χ0n) is 16.1. The highest BCUT2D eigenvalue weighted by Crippen LogP contribution is 2.27. The number of nitrogens with zero attached hydrogens (tertiary/aromatic N) is 6. The molecule has 0 atom stereocenters. The van der Waals surface area contributed by atoms with Crippen LogP contribution in [0.15, 0.2) is 30.7 Å². The summed E-state index contributed by atoms with van der Waals surface area (Å²) in [6, 6.07) is 4.25. The molecule has 2 aliphatic heterocycles. The van der Waals surface area contributed by atoms with Gasteiger partial charge in [-0.1, -0.05) is 0 Å². The van der Waals surface area contributed by atoms with Crippen LogP contribution in [-0.4, -0.2) is 71.8 Å². The molecule has 8 nitrogen and oxygen atoms in total. The summed E-state index contributed by atoms with van der Waals surface area (Å²) in [6.45, 7) is 9.21. The highest BCUT2D eigenvalue weighted by Gasteiger charge is 2.19. The average molecular weight is 379 g/mol. The van der Waals surface area contributed by atoms with E-state index < -0.39 is 0 Å². The molecule has 0 bridgehead atoms. The van der Waals surface area contributed by atoms with E-state index in [0.717, 1.165) is 86.7 Å². The molecule has 0 amide bonds. The average Bonchev–Trinajstić information content (AvgIpc) is 3.19. The number of nitrogens with one attached hydrogen (secondary N) is 1. The maximum Gasteiger partial charge on any atom is 0.180 e. The third-order valence-corrected chi connectivity index (χ3v) is 5.46. The number of piperazine rings is 1. The first-order chi connectivity index (χ1) is 13.8. The van der Waals surface area contributed by atoms with Crippen molar-refractivity contribution in [3.63, 3.8) is 0 Å². The monoisotopic (exact) mass is 379 g/mol. The molecule has 0 aliphatic carbocycles. The van der Waals surface area contributed by atoms with Gasteiger partial charge in [0, 0.05) is 69.1 Å². The number of aromatic nitrogens is 4. The van der Waals surface area contributed by atoms with Gasteiger partial charge in [-0.2, -0.15) is 0 Å². The Bertz CT molecular complexity index is 974. The van der Waals surface area contributed by atoms with Gasteiger partial charge in [0.25, 0.3) is 0 Å². The van der Waals surface area contributed by atoms with E-state index in [1.54, 1.807) is 0 Å². The number of pyridine rings is 1. The van der Waals surface area contributed by atoms with Crippen molar-refractivity contribution in [1.82, 2.24) is 24.7 Å². The summed E-state index contributed by atoms with van der Waals surface area (Å²) in [7, 11) is 0. The topological polar surface area (TPSA) is 70.8 Å². The van der Waals surface area contributed by atoms with E-state index in [0.29, 0.717) is 0 Å². The minimum Gasteiger partial charge on any atom is -0.378 e. The molecule has 0 saturated carbocycles. The molecule has 0 spiro atoms. The lowest BCUT2D eigenvalue weighted by atomic mass is 10.1. The highest BCUT2D eigenvalue weighted by molar-refractivity contribution is 5.72. The fourth-order valence-corrected chi connectivity index (χ4v) is 3.92. The van der Waals surface area contributed by atoms with E-state index >= 15 is 0 Å². The second-order valence-electron chi connectivity index (χ2n) is 7.25. The number of rotatable bonds is 3. The molecule has 0 unspecified atom stereocenters. The fraction of sp³-hybridized carbons (Fsp3) is 0.450. The molecule has 2 aliphatic rings. The second kappa shape index (κ2) is 7.37. The Hall–Kier alpha value is -2.71. The lowest BCUT2D eigenvalue weighted by Crippen LogP contribution is -2.43. The number of hydrogen-bond donors (Lipinski definition) is 1. The lowest BCUT2D eigenvalue weighted by molar-refractivity contribution is 0.122. The first-order valence-electron chi connectivity index (χ1n) is 9.90. The number of fused-ring (bicyclic) bond motifs is 1. The molecule has 3 aromatic heterocycles. The van der Waals surface area contributed by atoms with Crippen molar-refractivity contribution in [2.75, 3.05) is 62.3 Å². The first kappa shape index (κ1) is 17.4. The van der Waals surface area contributed by atoms with E-state index in [2.05, 4.69) is 49.8 Å². The molecule has 146 valence electrons. The smallest absolute Gasteiger partial charge is 0.180 e. The summed E-state index contributed by atoms with van der Waals surface area (Å²) in [4.78, 5) is 18.9. The van der Waals surface area contributed by atoms with Crippen LogP contribution in [-0.2, 0) is 4.74 Å². The summed E-state index contributed by atoms with van der Waals surface area (Å²) in [6.07, 6.45) is 5.85. The van der Waals surface area contributed by atoms with Crippen molar-refractivity contribution in [3.05, 3.63) is 36.4 Å². The molecular weight excluding hydrogens is 354 g/mol. The normalized spacial score (nSPS) is 18.0. The molecule has 5 heterocycles. The van der Waals surface area contributed by atoms with Crippen molar-refractivity contribution >= 4 is 17.3 Å². The van der Waals surface area contributed by atoms with E-state index in [9.17, 15) is 0 Å². The van der Waals surface area contributed by atoms with Gasteiger partial charge in [-0.05, 0) is 19.1 Å². The van der Waals surface area contributed by atoms with Gasteiger partial charge in [-0.25, -0.2) is 15.0 Å². The van der Waals surface area contributed by atoms with Crippen molar-refractivity contribution in [2.45, 2.75) is 6.92 Å². The van der Waals surface area contributed by atoms with Crippen LogP contribution in [0.4, 0.5) is 11.6 Å². The van der Waals surface area contributed by atoms with Crippen LogP contribution in [0.1, 0.15) is 5.69 Å². The fourth-order valence-electron chi connectivity index (χ4n) is 3.92. The van der Waals surface area contributed by atoms with E-state index in [1.807, 2.05) is 12.4 Å². The van der Waals surface area contributed by atoms with Crippen molar-refractivity contribution in [1.29, 1.82) is 0 Å². The van der Waals surface area contributed by atoms with E-state index in [1.165, 1.54) is 0 Å². The summed E-state index contributed by atoms with van der Waals surface area (Å²) >= 11 is 0. The second-order valence-corrected chi connectivity index (χ2v) is 7.25. The maximum atomic E-state index is 5.47. The molecule has 2 saturated heterocycles. The Morgan fingerprint density at radius 2 is 1.82 bits per heavy atom. The van der Waals surface area contributed by atoms with Gasteiger partial charge in [0.1, 0.15) is 5.82 Å². The van der Waals surface area contributed by atoms with Gasteiger partial charge in [-0.15, -0.1) is 0 Å². The van der Waals surface area contributed by atoms with Crippen LogP contribution in [0.5, 0.6) is 0 Å². The number of ether oxygens (including phenoxy) is 1. The number of anilines is 2. The quantitative estimate of drug-likeness (QED) is 0.736. The lowest BCUT2D eigenvalue weighted by Gasteiger charge is -2.28. The molecule has 1 N–H and O–H groups in total. The van der Waals surface area contributed by atoms with Crippen LogP contribution < -0.4 is 15.1 Å². The summed E-state index contributed by atoms with van der Waals surface area (Å²) in [5.74, 6) is 1.96. The minimum absolute atomic E-state index is 0.729. The Morgan fingerprint density at radius 1 is 1.00 bits per heavy atom. The highest BCUT2D eigenvalue weighted by atomic mass is 16.5. The van der Waals surface area contributed by atoms with E-state index in [4.69, 9.17) is 14.7 Å². The SMILES string of the molecule is Cc1nc(N2CCNCC2)ccc1-c1cn2ccnc(N3CCOCC3)c2n1. The molecule has 0 radical (unpaired) electrons. The predicted molar refractivity (Wildman–Crippen MR) is 109 cm³/mol. The predicted octanol–water partition coefficient (Wildman–Crippen LogP) is 1.35. The number of hydrogen-bond acceptors (Lipinski definition) is 7. The van der Waals surface area contributed by atoms with Gasteiger partial charge in [0.2, 0.25) is 0 Å². The summed E-state index contributed by atoms with van der Waals surface area (Å²) < 4.78 is 7.52. The summed E-state index contributed by atoms with van der Waals surface area (Å²) in [5.41, 5.74) is 3.88. The van der Waals surface area contributed by atoms with Crippen LogP contribution in [0.2, 0.25) is 0 Å². The van der Waals surface area contributed by atoms with Gasteiger partial charge < -0.3 is 24.3 Å². The van der Waals surface area contributed by atoms with Crippen LogP contribution in [0.3, 0.4) is 0 Å². The molecule has 2 fully saturated rings. The molecule has 5 rings (SSSR count). The third-order valence-electron chi connectivity index (χ3n) is 5.46. The van der Waals surface area contributed by atoms with Crippen LogP contribution in [0.25, 0.3) is 16.9 Å². The third kappa shape index (κ3) is 3.18. The number of morpholine rings is 1. The summed E-state index contributed by atoms with van der Waals surface area (Å²) in [5, 5.41) is 3.38. The Morgan fingerprint density at radius 3 is 2.61 bits per heavy atom. The first-order valence-corrected chi connectivity index (χ1v) is 9.90. The number of aryl methyl sites for hydroxylation is 1. The Kier molecular flexibility index (Phi) is 4.58. The van der Waals surface area contributed by atoms with Gasteiger partial charge >= 0.3 is 0 Å². The van der Waals surface area contributed by atoms with Crippen LogP contribution in [0, 0.1) is 6.92 Å². The van der Waals surface area contributed by atoms with E-state index in [-0.39, 0.29) is 0 Å². The zero-order chi connectivity index (χ0) is 18.9. The molecule has 8 heteroatoms. The van der Waals surface area contributed by atoms with Crippen LogP contribution >= 0.6 is 0 Å².